The number of hydrogen-bond donors (Lipinski definition) is 1. The van der Waals surface area contributed by atoms with Crippen molar-refractivity contribution < 1.29 is 9.53 Å². The van der Waals surface area contributed by atoms with E-state index in [2.05, 4.69) is 49.4 Å². The van der Waals surface area contributed by atoms with Gasteiger partial charge in [0.2, 0.25) is 0 Å². The third-order valence-corrected chi connectivity index (χ3v) is 4.20. The third kappa shape index (κ3) is 4.45. The maximum atomic E-state index is 12.1. The lowest BCUT2D eigenvalue weighted by Gasteiger charge is -2.36. The Kier molecular flexibility index (Phi) is 5.79. The molecule has 0 unspecified atom stereocenters. The number of carbonyl (C=O) groups is 1. The SMILES string of the molecule is COCCNC(=O)c1cc(N2CCN(c3ccccc3)CC2)ncn1. The Morgan fingerprint density at radius 1 is 1.12 bits per heavy atom. The quantitative estimate of drug-likeness (QED) is 0.796. The van der Waals surface area contributed by atoms with Crippen molar-refractivity contribution in [2.45, 2.75) is 0 Å². The fourth-order valence-electron chi connectivity index (χ4n) is 2.83. The molecule has 1 fully saturated rings. The summed E-state index contributed by atoms with van der Waals surface area (Å²) < 4.78 is 4.93. The molecule has 0 radical (unpaired) electrons. The molecule has 3 rings (SSSR count). The van der Waals surface area contributed by atoms with Crippen LogP contribution < -0.4 is 15.1 Å². The smallest absolute Gasteiger partial charge is 0.270 e. The predicted molar refractivity (Wildman–Crippen MR) is 97.1 cm³/mol. The Morgan fingerprint density at radius 3 is 2.56 bits per heavy atom. The maximum absolute atomic E-state index is 12.1. The van der Waals surface area contributed by atoms with Gasteiger partial charge in [0.05, 0.1) is 6.61 Å². The van der Waals surface area contributed by atoms with Gasteiger partial charge in [-0.15, -0.1) is 0 Å². The average molecular weight is 341 g/mol. The first-order valence-corrected chi connectivity index (χ1v) is 8.42. The third-order valence-electron chi connectivity index (χ3n) is 4.20. The van der Waals surface area contributed by atoms with Crippen molar-refractivity contribution in [1.82, 2.24) is 15.3 Å². The van der Waals surface area contributed by atoms with Crippen LogP contribution in [-0.4, -0.2) is 62.3 Å². The summed E-state index contributed by atoms with van der Waals surface area (Å²) in [4.78, 5) is 25.1. The molecule has 25 heavy (non-hydrogen) atoms. The van der Waals surface area contributed by atoms with Crippen LogP contribution in [0.25, 0.3) is 0 Å². The van der Waals surface area contributed by atoms with E-state index in [9.17, 15) is 4.79 Å². The van der Waals surface area contributed by atoms with Crippen LogP contribution in [0.5, 0.6) is 0 Å². The zero-order chi connectivity index (χ0) is 17.5. The number of anilines is 2. The van der Waals surface area contributed by atoms with Gasteiger partial charge >= 0.3 is 0 Å². The highest BCUT2D eigenvalue weighted by Gasteiger charge is 2.19. The van der Waals surface area contributed by atoms with E-state index >= 15 is 0 Å². The molecule has 0 atom stereocenters. The van der Waals surface area contributed by atoms with Crippen LogP contribution in [0.15, 0.2) is 42.7 Å². The van der Waals surface area contributed by atoms with Crippen LogP contribution in [0.4, 0.5) is 11.5 Å². The first-order chi connectivity index (χ1) is 12.3. The molecule has 1 aromatic heterocycles. The van der Waals surface area contributed by atoms with Crippen molar-refractivity contribution in [3.8, 4) is 0 Å². The number of ether oxygens (including phenoxy) is 1. The summed E-state index contributed by atoms with van der Waals surface area (Å²) in [5.41, 5.74) is 1.62. The number of carbonyl (C=O) groups excluding carboxylic acids is 1. The van der Waals surface area contributed by atoms with Crippen molar-refractivity contribution >= 4 is 17.4 Å². The minimum Gasteiger partial charge on any atom is -0.383 e. The van der Waals surface area contributed by atoms with Gasteiger partial charge in [-0.1, -0.05) is 18.2 Å². The fraction of sp³-hybridized carbons (Fsp3) is 0.389. The van der Waals surface area contributed by atoms with Gasteiger partial charge in [0.25, 0.3) is 5.91 Å². The average Bonchev–Trinajstić information content (AvgIpc) is 2.69. The Hall–Kier alpha value is -2.67. The Bertz CT molecular complexity index is 687. The van der Waals surface area contributed by atoms with Crippen LogP contribution in [0.2, 0.25) is 0 Å². The lowest BCUT2D eigenvalue weighted by atomic mass is 10.2. The molecule has 1 N–H and O–H groups in total. The van der Waals surface area contributed by atoms with Gasteiger partial charge in [-0.3, -0.25) is 4.79 Å². The zero-order valence-electron chi connectivity index (χ0n) is 14.4. The van der Waals surface area contributed by atoms with Crippen molar-refractivity contribution in [2.24, 2.45) is 0 Å². The summed E-state index contributed by atoms with van der Waals surface area (Å²) in [5, 5.41) is 2.78. The van der Waals surface area contributed by atoms with Crippen LogP contribution >= 0.6 is 0 Å². The van der Waals surface area contributed by atoms with Crippen molar-refractivity contribution in [2.75, 3.05) is 56.2 Å². The minimum atomic E-state index is -0.205. The molecule has 1 amide bonds. The predicted octanol–water partition coefficient (Wildman–Crippen LogP) is 1.18. The number of hydrogen-bond acceptors (Lipinski definition) is 6. The molecule has 2 aromatic rings. The van der Waals surface area contributed by atoms with E-state index < -0.39 is 0 Å². The van der Waals surface area contributed by atoms with E-state index in [1.54, 1.807) is 13.2 Å². The molecule has 1 aliphatic rings. The summed E-state index contributed by atoms with van der Waals surface area (Å²) in [7, 11) is 1.60. The maximum Gasteiger partial charge on any atom is 0.270 e. The molecule has 1 saturated heterocycles. The lowest BCUT2D eigenvalue weighted by molar-refractivity contribution is 0.0932. The summed E-state index contributed by atoms with van der Waals surface area (Å²) in [6.07, 6.45) is 1.45. The summed E-state index contributed by atoms with van der Waals surface area (Å²) in [5.74, 6) is 0.586. The monoisotopic (exact) mass is 341 g/mol. The van der Waals surface area contributed by atoms with E-state index in [1.807, 2.05) is 6.07 Å². The lowest BCUT2D eigenvalue weighted by Crippen LogP contribution is -2.47. The highest BCUT2D eigenvalue weighted by molar-refractivity contribution is 5.92. The highest BCUT2D eigenvalue weighted by Crippen LogP contribution is 2.19. The molecule has 7 nitrogen and oxygen atoms in total. The molecule has 0 saturated carbocycles. The number of amides is 1. The fourth-order valence-corrected chi connectivity index (χ4v) is 2.83. The number of benzene rings is 1. The number of piperazine rings is 1. The van der Waals surface area contributed by atoms with Gasteiger partial charge in [-0.05, 0) is 12.1 Å². The largest absolute Gasteiger partial charge is 0.383 e. The molecule has 2 heterocycles. The Morgan fingerprint density at radius 2 is 1.84 bits per heavy atom. The number of para-hydroxylation sites is 1. The van der Waals surface area contributed by atoms with E-state index in [-0.39, 0.29) is 5.91 Å². The number of nitrogens with one attached hydrogen (secondary N) is 1. The van der Waals surface area contributed by atoms with E-state index in [0.29, 0.717) is 18.8 Å². The van der Waals surface area contributed by atoms with Gasteiger partial charge in [-0.25, -0.2) is 9.97 Å². The number of aromatic nitrogens is 2. The molecule has 1 aliphatic heterocycles. The number of nitrogens with zero attached hydrogens (tertiary/aromatic N) is 4. The number of rotatable bonds is 6. The molecule has 7 heteroatoms. The molecule has 132 valence electrons. The van der Waals surface area contributed by atoms with E-state index in [0.717, 1.165) is 32.0 Å². The van der Waals surface area contributed by atoms with Crippen LogP contribution in [-0.2, 0) is 4.74 Å². The summed E-state index contributed by atoms with van der Waals surface area (Å²) in [6.45, 7) is 4.50. The van der Waals surface area contributed by atoms with E-state index in [1.165, 1.54) is 12.0 Å². The number of methoxy groups -OCH3 is 1. The molecule has 0 spiro atoms. The van der Waals surface area contributed by atoms with Crippen molar-refractivity contribution in [1.29, 1.82) is 0 Å². The standard InChI is InChI=1S/C18H23N5O2/c1-25-12-7-19-18(24)16-13-17(21-14-20-16)23-10-8-22(9-11-23)15-5-3-2-4-6-15/h2-6,13-14H,7-12H2,1H3,(H,19,24). The normalized spacial score (nSPS) is 14.4. The molecular formula is C18H23N5O2. The Labute approximate surface area is 147 Å². The minimum absolute atomic E-state index is 0.205. The van der Waals surface area contributed by atoms with Gasteiger partial charge in [0, 0.05) is 51.6 Å². The topological polar surface area (TPSA) is 70.6 Å². The second kappa shape index (κ2) is 8.43. The second-order valence-corrected chi connectivity index (χ2v) is 5.82. The highest BCUT2D eigenvalue weighted by atomic mass is 16.5. The van der Waals surface area contributed by atoms with Crippen LogP contribution in [0, 0.1) is 0 Å². The first-order valence-electron chi connectivity index (χ1n) is 8.42. The summed E-state index contributed by atoms with van der Waals surface area (Å²) in [6, 6.07) is 12.1. The first kappa shape index (κ1) is 17.2. The van der Waals surface area contributed by atoms with Gasteiger partial charge in [0.1, 0.15) is 17.8 Å². The van der Waals surface area contributed by atoms with Crippen molar-refractivity contribution in [3.63, 3.8) is 0 Å². The summed E-state index contributed by atoms with van der Waals surface area (Å²) >= 11 is 0. The molecule has 0 bridgehead atoms. The van der Waals surface area contributed by atoms with Crippen molar-refractivity contribution in [3.05, 3.63) is 48.4 Å². The van der Waals surface area contributed by atoms with Crippen LogP contribution in [0.3, 0.4) is 0 Å². The van der Waals surface area contributed by atoms with Gasteiger partial charge in [0.15, 0.2) is 0 Å². The zero-order valence-corrected chi connectivity index (χ0v) is 14.4. The second-order valence-electron chi connectivity index (χ2n) is 5.82. The van der Waals surface area contributed by atoms with E-state index in [4.69, 9.17) is 4.74 Å². The molecule has 0 aliphatic carbocycles. The van der Waals surface area contributed by atoms with Gasteiger partial charge < -0.3 is 19.9 Å². The molecule has 1 aromatic carbocycles. The van der Waals surface area contributed by atoms with Gasteiger partial charge in [-0.2, -0.15) is 0 Å². The Balaban J connectivity index is 1.60. The van der Waals surface area contributed by atoms with Crippen LogP contribution in [0.1, 0.15) is 10.5 Å². The molecular weight excluding hydrogens is 318 g/mol.